The van der Waals surface area contributed by atoms with Crippen LogP contribution in [0.5, 0.6) is 0 Å². The Morgan fingerprint density at radius 1 is 0.923 bits per heavy atom. The summed E-state index contributed by atoms with van der Waals surface area (Å²) in [5.41, 5.74) is 2.39. The Hall–Kier alpha value is -4.41. The number of carboxylic acid groups (broad SMARTS) is 1. The number of aliphatic carboxylic acids is 1. The zero-order chi connectivity index (χ0) is 28.4. The third-order valence-corrected chi connectivity index (χ3v) is 6.24. The number of benzene rings is 2. The second kappa shape index (κ2) is 13.9. The zero-order valence-electron chi connectivity index (χ0n) is 21.8. The molecule has 2 aromatic carbocycles. The van der Waals surface area contributed by atoms with Gasteiger partial charge in [0.25, 0.3) is 0 Å². The van der Waals surface area contributed by atoms with Crippen molar-refractivity contribution in [3.05, 3.63) is 71.3 Å². The number of fused-ring (bicyclic) bond motifs is 1. The maximum Gasteiger partial charge on any atom is 0.411 e. The van der Waals surface area contributed by atoms with E-state index in [-0.39, 0.29) is 32.8 Å². The van der Waals surface area contributed by atoms with Crippen LogP contribution in [0.4, 0.5) is 4.79 Å². The van der Waals surface area contributed by atoms with Crippen molar-refractivity contribution in [3.63, 3.8) is 0 Å². The summed E-state index contributed by atoms with van der Waals surface area (Å²) in [4.78, 5) is 64.8. The molecule has 0 saturated carbocycles. The van der Waals surface area contributed by atoms with Gasteiger partial charge in [-0.1, -0.05) is 54.6 Å². The highest BCUT2D eigenvalue weighted by Crippen LogP contribution is 2.25. The fourth-order valence-corrected chi connectivity index (χ4v) is 4.32. The summed E-state index contributed by atoms with van der Waals surface area (Å²) in [6.45, 7) is 3.11. The number of hydrogen-bond acceptors (Lipinski definition) is 8. The first-order valence-corrected chi connectivity index (χ1v) is 12.6. The van der Waals surface area contributed by atoms with Gasteiger partial charge < -0.3 is 24.6 Å². The number of amides is 2. The number of ether oxygens (including phenoxy) is 3. The first-order valence-electron chi connectivity index (χ1n) is 12.6. The van der Waals surface area contributed by atoms with E-state index in [9.17, 15) is 29.1 Å². The van der Waals surface area contributed by atoms with Crippen LogP contribution in [0.2, 0.25) is 0 Å². The Kier molecular flexibility index (Phi) is 10.4. The van der Waals surface area contributed by atoms with Crippen molar-refractivity contribution in [3.8, 4) is 0 Å². The van der Waals surface area contributed by atoms with E-state index in [0.29, 0.717) is 0 Å². The average molecular weight is 541 g/mol. The third kappa shape index (κ3) is 7.79. The predicted molar refractivity (Wildman–Crippen MR) is 137 cm³/mol. The molecule has 2 aromatic rings. The van der Waals surface area contributed by atoms with Crippen molar-refractivity contribution in [2.45, 2.75) is 51.9 Å². The van der Waals surface area contributed by atoms with Gasteiger partial charge in [-0.15, -0.1) is 0 Å². The van der Waals surface area contributed by atoms with E-state index in [1.54, 1.807) is 37.3 Å². The number of carbonyl (C=O) groups is 5. The Morgan fingerprint density at radius 3 is 2.21 bits per heavy atom. The molecule has 0 radical (unpaired) electrons. The van der Waals surface area contributed by atoms with E-state index in [1.165, 1.54) is 11.8 Å². The van der Waals surface area contributed by atoms with Crippen molar-refractivity contribution < 1.29 is 43.3 Å². The largest absolute Gasteiger partial charge is 0.480 e. The average Bonchev–Trinajstić information content (AvgIpc) is 2.93. The highest BCUT2D eigenvalue weighted by molar-refractivity contribution is 5.93. The molecule has 0 aliphatic carbocycles. The molecule has 0 aromatic heterocycles. The maximum absolute atomic E-state index is 13.5. The van der Waals surface area contributed by atoms with E-state index in [0.717, 1.165) is 16.7 Å². The molecular formula is C28H32N2O9. The maximum atomic E-state index is 13.5. The van der Waals surface area contributed by atoms with Gasteiger partial charge in [0.05, 0.1) is 32.1 Å². The number of hydrogen-bond donors (Lipinski definition) is 2. The van der Waals surface area contributed by atoms with Gasteiger partial charge in [-0.05, 0) is 30.5 Å². The number of nitrogens with zero attached hydrogens (tertiary/aromatic N) is 1. The normalized spacial score (nSPS) is 15.7. The second-order valence-corrected chi connectivity index (χ2v) is 8.85. The van der Waals surface area contributed by atoms with Crippen molar-refractivity contribution in [2.75, 3.05) is 13.2 Å². The van der Waals surface area contributed by atoms with Gasteiger partial charge in [0.1, 0.15) is 18.7 Å². The van der Waals surface area contributed by atoms with Crippen LogP contribution in [-0.2, 0) is 53.0 Å². The molecule has 11 heteroatoms. The molecule has 208 valence electrons. The molecule has 0 bridgehead atoms. The molecule has 0 unspecified atom stereocenters. The summed E-state index contributed by atoms with van der Waals surface area (Å²) >= 11 is 0. The van der Waals surface area contributed by atoms with Gasteiger partial charge in [0, 0.05) is 6.42 Å². The number of carboxylic acids is 1. The van der Waals surface area contributed by atoms with Crippen LogP contribution < -0.4 is 5.32 Å². The Morgan fingerprint density at radius 2 is 1.56 bits per heavy atom. The first-order chi connectivity index (χ1) is 18.7. The van der Waals surface area contributed by atoms with Crippen LogP contribution in [0.1, 0.15) is 37.0 Å². The van der Waals surface area contributed by atoms with Gasteiger partial charge in [0.2, 0.25) is 5.91 Å². The van der Waals surface area contributed by atoms with Gasteiger partial charge in [-0.2, -0.15) is 0 Å². The lowest BCUT2D eigenvalue weighted by atomic mass is 9.92. The van der Waals surface area contributed by atoms with Crippen molar-refractivity contribution in [1.29, 1.82) is 0 Å². The summed E-state index contributed by atoms with van der Waals surface area (Å²) in [6.07, 6.45) is -1.27. The smallest absolute Gasteiger partial charge is 0.411 e. The summed E-state index contributed by atoms with van der Waals surface area (Å²) in [6, 6.07) is 13.3. The Balaban J connectivity index is 1.85. The molecular weight excluding hydrogens is 508 g/mol. The molecule has 0 saturated heterocycles. The monoisotopic (exact) mass is 540 g/mol. The van der Waals surface area contributed by atoms with E-state index in [4.69, 9.17) is 14.2 Å². The van der Waals surface area contributed by atoms with Crippen LogP contribution >= 0.6 is 0 Å². The van der Waals surface area contributed by atoms with Crippen LogP contribution in [0.15, 0.2) is 54.6 Å². The summed E-state index contributed by atoms with van der Waals surface area (Å²) in [5, 5.41) is 12.3. The lowest BCUT2D eigenvalue weighted by molar-refractivity contribution is -0.160. The van der Waals surface area contributed by atoms with Crippen molar-refractivity contribution in [1.82, 2.24) is 10.2 Å². The lowest BCUT2D eigenvalue weighted by Gasteiger charge is -2.36. The van der Waals surface area contributed by atoms with E-state index in [2.05, 4.69) is 5.32 Å². The summed E-state index contributed by atoms with van der Waals surface area (Å²) < 4.78 is 15.3. The molecule has 39 heavy (non-hydrogen) atoms. The van der Waals surface area contributed by atoms with Crippen LogP contribution in [0.25, 0.3) is 0 Å². The fourth-order valence-electron chi connectivity index (χ4n) is 4.32. The van der Waals surface area contributed by atoms with E-state index in [1.807, 2.05) is 24.3 Å². The van der Waals surface area contributed by atoms with Gasteiger partial charge in [0.15, 0.2) is 0 Å². The number of carbonyl (C=O) groups excluding carboxylic acids is 4. The van der Waals surface area contributed by atoms with E-state index < -0.39 is 54.3 Å². The number of esters is 2. The molecule has 3 atom stereocenters. The van der Waals surface area contributed by atoms with Crippen molar-refractivity contribution in [2.24, 2.45) is 5.92 Å². The highest BCUT2D eigenvalue weighted by atomic mass is 16.6. The third-order valence-electron chi connectivity index (χ3n) is 6.24. The molecule has 2 N–H and O–H groups in total. The van der Waals surface area contributed by atoms with Crippen LogP contribution in [0, 0.1) is 5.92 Å². The van der Waals surface area contributed by atoms with E-state index >= 15 is 0 Å². The molecule has 1 aliphatic rings. The molecule has 2 amide bonds. The predicted octanol–water partition coefficient (Wildman–Crippen LogP) is 2.45. The Bertz CT molecular complexity index is 1180. The minimum absolute atomic E-state index is 0.0195. The minimum Gasteiger partial charge on any atom is -0.480 e. The molecule has 11 nitrogen and oxygen atoms in total. The molecule has 3 rings (SSSR count). The van der Waals surface area contributed by atoms with Gasteiger partial charge in [-0.3, -0.25) is 19.3 Å². The second-order valence-electron chi connectivity index (χ2n) is 8.85. The summed E-state index contributed by atoms with van der Waals surface area (Å²) in [5.74, 6) is -5.67. The van der Waals surface area contributed by atoms with Gasteiger partial charge in [-0.25, -0.2) is 9.59 Å². The SMILES string of the molecule is CCOC(=O)C[C@H](C(=O)OCC)[C@H](NC(=O)[C@@H]1Cc2ccccc2CN1C(=O)OCc1ccccc1)C(=O)O. The topological polar surface area (TPSA) is 149 Å². The van der Waals surface area contributed by atoms with Crippen molar-refractivity contribution >= 4 is 29.9 Å². The van der Waals surface area contributed by atoms with Crippen LogP contribution in [0.3, 0.4) is 0 Å². The lowest BCUT2D eigenvalue weighted by Crippen LogP contribution is -2.58. The minimum atomic E-state index is -1.81. The first kappa shape index (κ1) is 29.2. The highest BCUT2D eigenvalue weighted by Gasteiger charge is 2.42. The molecule has 1 heterocycles. The van der Waals surface area contributed by atoms with Crippen LogP contribution in [-0.4, -0.2) is 65.2 Å². The standard InChI is InChI=1S/C28H32N2O9/c1-3-37-23(31)15-21(27(35)38-4-2)24(26(33)34)29-25(32)22-14-19-12-8-9-13-20(19)16-30(22)28(36)39-17-18-10-6-5-7-11-18/h5-13,21-22,24H,3-4,14-17H2,1-2H3,(H,29,32)(H,33,34)/t21-,22-,24-/m0/s1. The quantitative estimate of drug-likeness (QED) is 0.324. The zero-order valence-corrected chi connectivity index (χ0v) is 21.8. The molecule has 1 aliphatic heterocycles. The van der Waals surface area contributed by atoms with Gasteiger partial charge >= 0.3 is 24.0 Å². The molecule has 0 spiro atoms. The Labute approximate surface area is 226 Å². The number of nitrogens with one attached hydrogen (secondary N) is 1. The summed E-state index contributed by atoms with van der Waals surface area (Å²) in [7, 11) is 0. The fraction of sp³-hybridized carbons (Fsp3) is 0.393. The number of rotatable bonds is 11. The molecule has 0 fully saturated rings.